The summed E-state index contributed by atoms with van der Waals surface area (Å²) in [5.74, 6) is -0.384. The third kappa shape index (κ3) is 4.30. The predicted octanol–water partition coefficient (Wildman–Crippen LogP) is 2.13. The maximum Gasteiger partial charge on any atom is 0.241 e. The van der Waals surface area contributed by atoms with Crippen LogP contribution in [0.25, 0.3) is 0 Å². The van der Waals surface area contributed by atoms with Gasteiger partial charge in [0.2, 0.25) is 6.43 Å². The van der Waals surface area contributed by atoms with E-state index in [4.69, 9.17) is 0 Å². The maximum absolute atomic E-state index is 12.2. The Morgan fingerprint density at radius 2 is 1.82 bits per heavy atom. The molecule has 0 amide bonds. The zero-order chi connectivity index (χ0) is 8.85. The summed E-state index contributed by atoms with van der Waals surface area (Å²) in [6.45, 7) is 4.35. The Morgan fingerprint density at radius 3 is 2.09 bits per heavy atom. The van der Waals surface area contributed by atoms with Gasteiger partial charge in [-0.15, -0.1) is 0 Å². The molecule has 1 N–H and O–H groups in total. The monoisotopic (exact) mass is 165 g/mol. The van der Waals surface area contributed by atoms with Crippen LogP contribution in [0.4, 0.5) is 8.78 Å². The lowest BCUT2D eigenvalue weighted by atomic mass is 9.93. The molecule has 0 spiro atoms. The third-order valence-corrected chi connectivity index (χ3v) is 1.91. The van der Waals surface area contributed by atoms with Gasteiger partial charge in [0, 0.05) is 5.92 Å². The van der Waals surface area contributed by atoms with Crippen molar-refractivity contribution >= 4 is 0 Å². The summed E-state index contributed by atoms with van der Waals surface area (Å²) in [7, 11) is 1.78. The molecule has 11 heavy (non-hydrogen) atoms. The number of rotatable bonds is 5. The van der Waals surface area contributed by atoms with Gasteiger partial charge in [0.05, 0.1) is 0 Å². The highest BCUT2D eigenvalue weighted by atomic mass is 19.3. The van der Waals surface area contributed by atoms with Crippen LogP contribution < -0.4 is 5.32 Å². The molecule has 0 heterocycles. The Hall–Kier alpha value is -0.180. The van der Waals surface area contributed by atoms with Crippen molar-refractivity contribution in [1.29, 1.82) is 0 Å². The fraction of sp³-hybridized carbons (Fsp3) is 1.00. The number of nitrogens with one attached hydrogen (secondary N) is 1. The van der Waals surface area contributed by atoms with Crippen molar-refractivity contribution in [3.05, 3.63) is 0 Å². The minimum Gasteiger partial charge on any atom is -0.320 e. The van der Waals surface area contributed by atoms with Gasteiger partial charge in [-0.2, -0.15) is 0 Å². The van der Waals surface area contributed by atoms with Crippen molar-refractivity contribution in [2.24, 2.45) is 11.8 Å². The first-order valence-corrected chi connectivity index (χ1v) is 4.02. The van der Waals surface area contributed by atoms with Crippen LogP contribution >= 0.6 is 0 Å². The standard InChI is InChI=1S/C8H17F2N/c1-6(2)7(8(9)10)4-5-11-3/h6-8,11H,4-5H2,1-3H3. The first-order valence-electron chi connectivity index (χ1n) is 4.02. The molecule has 0 fully saturated rings. The lowest BCUT2D eigenvalue weighted by Crippen LogP contribution is -2.22. The molecule has 0 aromatic carbocycles. The predicted molar refractivity (Wildman–Crippen MR) is 42.9 cm³/mol. The SMILES string of the molecule is CNCCC(C(C)C)C(F)F. The Balaban J connectivity index is 3.70. The van der Waals surface area contributed by atoms with E-state index in [2.05, 4.69) is 5.32 Å². The highest BCUT2D eigenvalue weighted by Gasteiger charge is 2.22. The Bertz CT molecular complexity index is 86.1. The molecule has 0 radical (unpaired) electrons. The lowest BCUT2D eigenvalue weighted by molar-refractivity contribution is 0.0475. The number of halogens is 2. The second-order valence-corrected chi connectivity index (χ2v) is 3.13. The Kier molecular flexibility index (Phi) is 5.38. The van der Waals surface area contributed by atoms with Crippen molar-refractivity contribution in [2.45, 2.75) is 26.7 Å². The molecule has 1 nitrogen and oxygen atoms in total. The van der Waals surface area contributed by atoms with Crippen molar-refractivity contribution in [3.63, 3.8) is 0 Å². The van der Waals surface area contributed by atoms with E-state index in [1.165, 1.54) is 0 Å². The van der Waals surface area contributed by atoms with Crippen molar-refractivity contribution in [1.82, 2.24) is 5.32 Å². The first kappa shape index (κ1) is 10.8. The normalized spacial score (nSPS) is 14.5. The van der Waals surface area contributed by atoms with Crippen LogP contribution in [0.15, 0.2) is 0 Å². The molecule has 0 aliphatic carbocycles. The largest absolute Gasteiger partial charge is 0.320 e. The summed E-state index contributed by atoms with van der Waals surface area (Å²) in [6.07, 6.45) is -1.62. The Labute approximate surface area is 67.2 Å². The van der Waals surface area contributed by atoms with E-state index >= 15 is 0 Å². The van der Waals surface area contributed by atoms with Crippen LogP contribution in [0.2, 0.25) is 0 Å². The molecule has 0 aliphatic rings. The molecular weight excluding hydrogens is 148 g/mol. The van der Waals surface area contributed by atoms with E-state index in [0.717, 1.165) is 0 Å². The van der Waals surface area contributed by atoms with E-state index < -0.39 is 12.3 Å². The molecule has 0 saturated carbocycles. The summed E-state index contributed by atoms with van der Waals surface area (Å²) in [4.78, 5) is 0. The number of hydrogen-bond acceptors (Lipinski definition) is 1. The van der Waals surface area contributed by atoms with Crippen molar-refractivity contribution in [2.75, 3.05) is 13.6 Å². The average molecular weight is 165 g/mol. The van der Waals surface area contributed by atoms with Crippen LogP contribution in [-0.4, -0.2) is 20.0 Å². The van der Waals surface area contributed by atoms with Gasteiger partial charge < -0.3 is 5.32 Å². The van der Waals surface area contributed by atoms with Gasteiger partial charge in [0.25, 0.3) is 0 Å². The van der Waals surface area contributed by atoms with E-state index in [1.54, 1.807) is 7.05 Å². The molecule has 1 unspecified atom stereocenters. The zero-order valence-corrected chi connectivity index (χ0v) is 7.40. The zero-order valence-electron chi connectivity index (χ0n) is 7.40. The fourth-order valence-electron chi connectivity index (χ4n) is 1.06. The van der Waals surface area contributed by atoms with Crippen LogP contribution in [0.1, 0.15) is 20.3 Å². The van der Waals surface area contributed by atoms with Crippen LogP contribution in [0.5, 0.6) is 0 Å². The smallest absolute Gasteiger partial charge is 0.241 e. The summed E-state index contributed by atoms with van der Waals surface area (Å²) in [5, 5.41) is 2.87. The molecule has 0 bridgehead atoms. The third-order valence-electron chi connectivity index (χ3n) is 1.91. The van der Waals surface area contributed by atoms with E-state index in [1.807, 2.05) is 13.8 Å². The quantitative estimate of drug-likeness (QED) is 0.658. The number of alkyl halides is 2. The first-order chi connectivity index (χ1) is 5.09. The lowest BCUT2D eigenvalue weighted by Gasteiger charge is -2.19. The molecule has 0 saturated heterocycles. The van der Waals surface area contributed by atoms with Crippen LogP contribution in [0, 0.1) is 11.8 Å². The minimum atomic E-state index is -2.18. The summed E-state index contributed by atoms with van der Waals surface area (Å²) < 4.78 is 24.5. The van der Waals surface area contributed by atoms with Crippen LogP contribution in [0.3, 0.4) is 0 Å². The molecule has 0 aromatic rings. The van der Waals surface area contributed by atoms with Gasteiger partial charge in [-0.3, -0.25) is 0 Å². The molecule has 68 valence electrons. The van der Waals surface area contributed by atoms with Gasteiger partial charge in [-0.05, 0) is 25.9 Å². The topological polar surface area (TPSA) is 12.0 Å². The molecule has 0 aromatic heterocycles. The van der Waals surface area contributed by atoms with Gasteiger partial charge in [0.1, 0.15) is 0 Å². The Morgan fingerprint density at radius 1 is 1.27 bits per heavy atom. The molecule has 0 rings (SSSR count). The molecule has 3 heteroatoms. The second kappa shape index (κ2) is 5.47. The van der Waals surface area contributed by atoms with Gasteiger partial charge in [-0.1, -0.05) is 13.8 Å². The number of hydrogen-bond donors (Lipinski definition) is 1. The van der Waals surface area contributed by atoms with Gasteiger partial charge in [0.15, 0.2) is 0 Å². The summed E-state index contributed by atoms with van der Waals surface area (Å²) in [5.41, 5.74) is 0. The minimum absolute atomic E-state index is 0.0725. The maximum atomic E-state index is 12.2. The molecule has 0 aliphatic heterocycles. The second-order valence-electron chi connectivity index (χ2n) is 3.13. The highest BCUT2D eigenvalue weighted by Crippen LogP contribution is 2.22. The molecule has 1 atom stereocenters. The van der Waals surface area contributed by atoms with Crippen molar-refractivity contribution in [3.8, 4) is 0 Å². The summed E-state index contributed by atoms with van der Waals surface area (Å²) in [6, 6.07) is 0. The summed E-state index contributed by atoms with van der Waals surface area (Å²) >= 11 is 0. The van der Waals surface area contributed by atoms with Crippen molar-refractivity contribution < 1.29 is 8.78 Å². The molecular formula is C8H17F2N. The van der Waals surface area contributed by atoms with Gasteiger partial charge >= 0.3 is 0 Å². The highest BCUT2D eigenvalue weighted by molar-refractivity contribution is 4.66. The fourth-order valence-corrected chi connectivity index (χ4v) is 1.06. The average Bonchev–Trinajstić information content (AvgIpc) is 1.87. The van der Waals surface area contributed by atoms with Crippen LogP contribution in [-0.2, 0) is 0 Å². The van der Waals surface area contributed by atoms with Gasteiger partial charge in [-0.25, -0.2) is 8.78 Å². The van der Waals surface area contributed by atoms with E-state index in [9.17, 15) is 8.78 Å². The van der Waals surface area contributed by atoms with E-state index in [0.29, 0.717) is 13.0 Å². The van der Waals surface area contributed by atoms with E-state index in [-0.39, 0.29) is 5.92 Å².